The molecule has 0 radical (unpaired) electrons. The summed E-state index contributed by atoms with van der Waals surface area (Å²) < 4.78 is 0. The molecule has 3 fully saturated rings. The van der Waals surface area contributed by atoms with Crippen LogP contribution >= 0.6 is 0 Å². The summed E-state index contributed by atoms with van der Waals surface area (Å²) in [6.45, 7) is 8.26. The molecular formula is C60H95N15O15. The van der Waals surface area contributed by atoms with E-state index in [0.29, 0.717) is 25.7 Å². The number of nitrogens with one attached hydrogen (secondary N) is 9. The standard InChI is InChI=1S/C60H95N15O15/c1-7-33(3)48(50(61)81)72-52(83)39(22-15-25-64-60(62)63)68-55(86)42(30-47(79)80)70-58(89)49(34(4)8-2)73-57(88)44-23-16-26-74(44)46(78)31-65-51(82)35(5)66-53(84)41(29-38-20-13-10-14-21-38)69-56(87)45-24-17-27-75(45)59(90)43(32-76)71-54(85)40(67-36(6)77)28-37-18-11-9-12-19-37/h9,11-12,18-19,33-35,38-45,48-49,76H,7-8,10,13-17,20-32H2,1-6H3,(H2,61,81)(H,65,82)(H,66,84)(H,67,77)(H,68,86)(H,69,87)(H,70,89)(H,71,85)(H,72,83)(H,73,88)(H,79,80)(H4,62,63,64)/t33-,34-,35+,39-,40+,41-,42-,43-,44-,45+,48-,49-/m0/s1. The highest BCUT2D eigenvalue weighted by atomic mass is 16.4. The Morgan fingerprint density at radius 1 is 0.600 bits per heavy atom. The Labute approximate surface area is 524 Å². The van der Waals surface area contributed by atoms with Crippen molar-refractivity contribution in [3.63, 3.8) is 0 Å². The zero-order valence-corrected chi connectivity index (χ0v) is 52.5. The van der Waals surface area contributed by atoms with Crippen molar-refractivity contribution in [1.82, 2.24) is 57.7 Å². The van der Waals surface area contributed by atoms with E-state index in [1.807, 2.05) is 0 Å². The topological polar surface area (TPSA) is 468 Å². The van der Waals surface area contributed by atoms with Crippen molar-refractivity contribution in [1.29, 1.82) is 0 Å². The third-order valence-electron chi connectivity index (χ3n) is 16.8. The van der Waals surface area contributed by atoms with Gasteiger partial charge in [0.15, 0.2) is 5.96 Å². The van der Waals surface area contributed by atoms with Gasteiger partial charge in [0.2, 0.25) is 70.9 Å². The number of nitrogens with two attached hydrogens (primary N) is 3. The number of primary amides is 1. The van der Waals surface area contributed by atoms with Crippen LogP contribution in [-0.4, -0.2) is 196 Å². The molecule has 12 atom stereocenters. The van der Waals surface area contributed by atoms with Crippen LogP contribution in [0.1, 0.15) is 143 Å². The summed E-state index contributed by atoms with van der Waals surface area (Å²) in [6.07, 6.45) is 5.70. The van der Waals surface area contributed by atoms with E-state index in [-0.39, 0.29) is 70.0 Å². The van der Waals surface area contributed by atoms with Crippen LogP contribution < -0.4 is 65.1 Å². The Balaban J connectivity index is 1.41. The number of amides is 12. The summed E-state index contributed by atoms with van der Waals surface area (Å²) >= 11 is 0. The number of aliphatic imine (C=N–C) groups is 1. The molecule has 12 amide bonds. The quantitative estimate of drug-likeness (QED) is 0.0187. The maximum Gasteiger partial charge on any atom is 0.305 e. The van der Waals surface area contributed by atoms with E-state index in [2.05, 4.69) is 52.8 Å². The lowest BCUT2D eigenvalue weighted by Crippen LogP contribution is -2.60. The first-order valence-electron chi connectivity index (χ1n) is 31.2. The molecule has 500 valence electrons. The number of hydrogen-bond donors (Lipinski definition) is 14. The SMILES string of the molecule is CC[C@H](C)[C@H](NC(=O)[C@H](CCCN=C(N)N)NC(=O)[C@H](CC(=O)O)NC(=O)[C@@H](NC(=O)[C@@H]1CCCN1C(=O)CNC(=O)[C@@H](C)NC(=O)[C@H](CC1CCCCC1)NC(=O)[C@H]1CCCN1C(=O)[C@H](CO)NC(=O)[C@@H](Cc1ccccc1)NC(C)=O)[C@@H](C)CC)C(N)=O. The number of guanidine groups is 1. The number of carbonyl (C=O) groups is 13. The second-order valence-corrected chi connectivity index (χ2v) is 23.7. The molecule has 1 aromatic rings. The monoisotopic (exact) mass is 1270 g/mol. The number of aliphatic carboxylic acids is 1. The van der Waals surface area contributed by atoms with Crippen LogP contribution in [-0.2, 0) is 68.7 Å². The molecule has 2 heterocycles. The molecule has 4 rings (SSSR count). The van der Waals surface area contributed by atoms with Gasteiger partial charge in [-0.3, -0.25) is 67.3 Å². The Morgan fingerprint density at radius 3 is 1.74 bits per heavy atom. The molecule has 0 unspecified atom stereocenters. The summed E-state index contributed by atoms with van der Waals surface area (Å²) in [7, 11) is 0. The molecule has 17 N–H and O–H groups in total. The average Bonchev–Trinajstić information content (AvgIpc) is 4.37. The van der Waals surface area contributed by atoms with Crippen molar-refractivity contribution in [3.05, 3.63) is 35.9 Å². The van der Waals surface area contributed by atoms with Gasteiger partial charge in [-0.15, -0.1) is 0 Å². The van der Waals surface area contributed by atoms with Crippen molar-refractivity contribution >= 4 is 82.8 Å². The highest BCUT2D eigenvalue weighted by Crippen LogP contribution is 2.28. The molecule has 1 aromatic carbocycles. The van der Waals surface area contributed by atoms with E-state index >= 15 is 0 Å². The minimum absolute atomic E-state index is 0.0407. The van der Waals surface area contributed by atoms with Gasteiger partial charge in [-0.05, 0) is 75.2 Å². The van der Waals surface area contributed by atoms with Crippen molar-refractivity contribution in [2.24, 2.45) is 39.9 Å². The van der Waals surface area contributed by atoms with E-state index in [1.54, 1.807) is 58.0 Å². The Morgan fingerprint density at radius 2 is 1.16 bits per heavy atom. The Bertz CT molecular complexity index is 2710. The first kappa shape index (κ1) is 74.0. The lowest BCUT2D eigenvalue weighted by molar-refractivity contribution is -0.143. The summed E-state index contributed by atoms with van der Waals surface area (Å²) in [4.78, 5) is 182. The van der Waals surface area contributed by atoms with Gasteiger partial charge >= 0.3 is 5.97 Å². The number of aliphatic hydroxyl groups is 1. The number of carboxylic acid groups (broad SMARTS) is 1. The van der Waals surface area contributed by atoms with Gasteiger partial charge in [0, 0.05) is 33.0 Å². The largest absolute Gasteiger partial charge is 0.481 e. The molecule has 30 nitrogen and oxygen atoms in total. The second kappa shape index (κ2) is 36.9. The summed E-state index contributed by atoms with van der Waals surface area (Å²) in [5.74, 6) is -11.9. The fourth-order valence-electron chi connectivity index (χ4n) is 11.3. The minimum Gasteiger partial charge on any atom is -0.481 e. The van der Waals surface area contributed by atoms with Crippen molar-refractivity contribution in [3.8, 4) is 0 Å². The lowest BCUT2D eigenvalue weighted by atomic mass is 9.84. The predicted molar refractivity (Wildman–Crippen MR) is 328 cm³/mol. The van der Waals surface area contributed by atoms with E-state index in [0.717, 1.165) is 37.7 Å². The van der Waals surface area contributed by atoms with Crippen LogP contribution in [0.4, 0.5) is 0 Å². The fraction of sp³-hybridized carbons (Fsp3) is 0.667. The summed E-state index contributed by atoms with van der Waals surface area (Å²) in [5.41, 5.74) is 17.2. The molecule has 1 saturated carbocycles. The molecule has 2 aliphatic heterocycles. The van der Waals surface area contributed by atoms with Crippen molar-refractivity contribution in [2.75, 3.05) is 32.8 Å². The summed E-state index contributed by atoms with van der Waals surface area (Å²) in [5, 5.41) is 43.4. The summed E-state index contributed by atoms with van der Waals surface area (Å²) in [6, 6.07) is -3.96. The van der Waals surface area contributed by atoms with Gasteiger partial charge in [-0.2, -0.15) is 0 Å². The van der Waals surface area contributed by atoms with E-state index in [4.69, 9.17) is 17.2 Å². The number of likely N-dealkylation sites (tertiary alicyclic amines) is 2. The third-order valence-corrected chi connectivity index (χ3v) is 16.8. The third kappa shape index (κ3) is 23.2. The van der Waals surface area contributed by atoms with E-state index in [1.165, 1.54) is 23.6 Å². The number of benzene rings is 1. The van der Waals surface area contributed by atoms with Crippen LogP contribution in [0.3, 0.4) is 0 Å². The van der Waals surface area contributed by atoms with Crippen LogP contribution in [0.15, 0.2) is 35.3 Å². The molecule has 0 aromatic heterocycles. The number of carbonyl (C=O) groups excluding carboxylic acids is 12. The van der Waals surface area contributed by atoms with Gasteiger partial charge < -0.3 is 85.1 Å². The number of carboxylic acids is 1. The zero-order valence-electron chi connectivity index (χ0n) is 52.5. The normalized spacial score (nSPS) is 19.0. The van der Waals surface area contributed by atoms with E-state index < -0.39 is 169 Å². The molecule has 0 spiro atoms. The molecule has 1 aliphatic carbocycles. The smallest absolute Gasteiger partial charge is 0.305 e. The number of hydrogen-bond acceptors (Lipinski definition) is 15. The molecule has 90 heavy (non-hydrogen) atoms. The first-order valence-corrected chi connectivity index (χ1v) is 31.2. The Hall–Kier alpha value is -8.44. The van der Waals surface area contributed by atoms with Gasteiger partial charge in [0.1, 0.15) is 60.4 Å². The number of rotatable bonds is 35. The van der Waals surface area contributed by atoms with E-state index in [9.17, 15) is 72.5 Å². The van der Waals surface area contributed by atoms with Gasteiger partial charge in [-0.25, -0.2) is 0 Å². The molecule has 3 aliphatic rings. The van der Waals surface area contributed by atoms with Gasteiger partial charge in [0.25, 0.3) is 0 Å². The van der Waals surface area contributed by atoms with Crippen molar-refractivity contribution in [2.45, 2.75) is 205 Å². The fourth-order valence-corrected chi connectivity index (χ4v) is 11.3. The highest BCUT2D eigenvalue weighted by Gasteiger charge is 2.42. The van der Waals surface area contributed by atoms with Crippen LogP contribution in [0, 0.1) is 17.8 Å². The van der Waals surface area contributed by atoms with Crippen LogP contribution in [0.5, 0.6) is 0 Å². The Kier molecular flexibility index (Phi) is 30.3. The molecular weight excluding hydrogens is 1170 g/mol. The first-order chi connectivity index (χ1) is 42.7. The maximum absolute atomic E-state index is 14.2. The highest BCUT2D eigenvalue weighted by molar-refractivity contribution is 5.99. The maximum atomic E-state index is 14.2. The number of aliphatic hydroxyl groups excluding tert-OH is 1. The average molecular weight is 1270 g/mol. The predicted octanol–water partition coefficient (Wildman–Crippen LogP) is -2.69. The van der Waals surface area contributed by atoms with Crippen LogP contribution in [0.25, 0.3) is 0 Å². The van der Waals surface area contributed by atoms with Crippen LogP contribution in [0.2, 0.25) is 0 Å². The van der Waals surface area contributed by atoms with Crippen molar-refractivity contribution < 1.29 is 72.5 Å². The molecule has 2 saturated heterocycles. The zero-order chi connectivity index (χ0) is 66.8. The number of nitrogens with zero attached hydrogens (tertiary/aromatic N) is 3. The molecule has 30 heteroatoms. The lowest BCUT2D eigenvalue weighted by Gasteiger charge is -2.31. The minimum atomic E-state index is -1.78. The molecule has 0 bridgehead atoms. The van der Waals surface area contributed by atoms with Gasteiger partial charge in [0.05, 0.1) is 19.6 Å². The van der Waals surface area contributed by atoms with Gasteiger partial charge in [-0.1, -0.05) is 103 Å². The second-order valence-electron chi connectivity index (χ2n) is 23.7.